The van der Waals surface area contributed by atoms with E-state index in [0.717, 1.165) is 43.2 Å². The van der Waals surface area contributed by atoms with Crippen LogP contribution in [0.1, 0.15) is 38.2 Å². The van der Waals surface area contributed by atoms with E-state index in [9.17, 15) is 4.79 Å². The number of aryl methyl sites for hydroxylation is 1. The molecule has 0 saturated carbocycles. The largest absolute Gasteiger partial charge is 0.469 e. The standard InChI is InChI=1S/C18H26N2O2S/c1-3-4-5-14-6-8-16(9-7-14)19-18(23)20-12-10-15(11-13-20)17(21)22-2/h6-9,15H,3-5,10-13H2,1-2H3,(H,19,23). The second kappa shape index (κ2) is 8.87. The number of anilines is 1. The minimum absolute atomic E-state index is 0.0110. The lowest BCUT2D eigenvalue weighted by molar-refractivity contribution is -0.146. The first kappa shape index (κ1) is 17.7. The Labute approximate surface area is 144 Å². The van der Waals surface area contributed by atoms with Crippen LogP contribution in [0.5, 0.6) is 0 Å². The summed E-state index contributed by atoms with van der Waals surface area (Å²) in [4.78, 5) is 13.7. The highest BCUT2D eigenvalue weighted by Gasteiger charge is 2.26. The van der Waals surface area contributed by atoms with Gasteiger partial charge in [-0.05, 0) is 55.6 Å². The molecule has 0 unspecified atom stereocenters. The Morgan fingerprint density at radius 2 is 1.96 bits per heavy atom. The molecule has 1 N–H and O–H groups in total. The third kappa shape index (κ3) is 5.20. The van der Waals surface area contributed by atoms with Gasteiger partial charge >= 0.3 is 5.97 Å². The van der Waals surface area contributed by atoms with Crippen LogP contribution in [0.15, 0.2) is 24.3 Å². The molecule has 1 aliphatic heterocycles. The fourth-order valence-electron chi connectivity index (χ4n) is 2.82. The number of nitrogens with one attached hydrogen (secondary N) is 1. The second-order valence-corrected chi connectivity index (χ2v) is 6.40. The van der Waals surface area contributed by atoms with Crippen molar-refractivity contribution in [3.05, 3.63) is 29.8 Å². The number of esters is 1. The summed E-state index contributed by atoms with van der Waals surface area (Å²) in [5, 5.41) is 4.03. The van der Waals surface area contributed by atoms with E-state index in [1.165, 1.54) is 25.5 Å². The van der Waals surface area contributed by atoms with Crippen molar-refractivity contribution < 1.29 is 9.53 Å². The van der Waals surface area contributed by atoms with Gasteiger partial charge in [0.2, 0.25) is 0 Å². The van der Waals surface area contributed by atoms with E-state index in [4.69, 9.17) is 17.0 Å². The smallest absolute Gasteiger partial charge is 0.308 e. The first-order valence-electron chi connectivity index (χ1n) is 8.36. The highest BCUT2D eigenvalue weighted by atomic mass is 32.1. The van der Waals surface area contributed by atoms with Gasteiger partial charge in [-0.2, -0.15) is 0 Å². The molecular formula is C18H26N2O2S. The number of methoxy groups -OCH3 is 1. The molecule has 0 amide bonds. The lowest BCUT2D eigenvalue weighted by atomic mass is 9.97. The van der Waals surface area contributed by atoms with E-state index in [1.54, 1.807) is 0 Å². The van der Waals surface area contributed by atoms with Crippen LogP contribution in [0.25, 0.3) is 0 Å². The van der Waals surface area contributed by atoms with Crippen molar-refractivity contribution in [3.8, 4) is 0 Å². The van der Waals surface area contributed by atoms with Crippen molar-refractivity contribution in [2.45, 2.75) is 39.0 Å². The highest BCUT2D eigenvalue weighted by molar-refractivity contribution is 7.80. The van der Waals surface area contributed by atoms with Gasteiger partial charge in [-0.25, -0.2) is 0 Å². The number of hydrogen-bond acceptors (Lipinski definition) is 3. The van der Waals surface area contributed by atoms with Crippen LogP contribution in [0, 0.1) is 5.92 Å². The van der Waals surface area contributed by atoms with E-state index < -0.39 is 0 Å². The molecule has 1 fully saturated rings. The number of benzene rings is 1. The predicted molar refractivity (Wildman–Crippen MR) is 97.6 cm³/mol. The molecular weight excluding hydrogens is 308 g/mol. The number of rotatable bonds is 5. The van der Waals surface area contributed by atoms with Gasteiger partial charge in [0.15, 0.2) is 5.11 Å². The van der Waals surface area contributed by atoms with Gasteiger partial charge < -0.3 is 15.0 Å². The second-order valence-electron chi connectivity index (χ2n) is 6.02. The normalized spacial score (nSPS) is 15.3. The summed E-state index contributed by atoms with van der Waals surface area (Å²) in [6.45, 7) is 3.79. The van der Waals surface area contributed by atoms with E-state index in [0.29, 0.717) is 0 Å². The van der Waals surface area contributed by atoms with Crippen LogP contribution in [-0.2, 0) is 16.0 Å². The zero-order valence-corrected chi connectivity index (χ0v) is 14.8. The Bertz CT molecular complexity index is 522. The third-order valence-corrected chi connectivity index (χ3v) is 4.70. The lowest BCUT2D eigenvalue weighted by Crippen LogP contribution is -2.42. The maximum Gasteiger partial charge on any atom is 0.308 e. The average Bonchev–Trinajstić information content (AvgIpc) is 2.60. The molecule has 0 atom stereocenters. The zero-order valence-electron chi connectivity index (χ0n) is 14.0. The summed E-state index contributed by atoms with van der Waals surface area (Å²) in [7, 11) is 1.45. The van der Waals surface area contributed by atoms with E-state index in [1.807, 2.05) is 0 Å². The summed E-state index contributed by atoms with van der Waals surface area (Å²) in [6.07, 6.45) is 5.16. The topological polar surface area (TPSA) is 41.6 Å². The SMILES string of the molecule is CCCCc1ccc(NC(=S)N2CCC(C(=O)OC)CC2)cc1. The number of unbranched alkanes of at least 4 members (excludes halogenated alkanes) is 1. The van der Waals surface area contributed by atoms with Crippen LogP contribution in [-0.4, -0.2) is 36.2 Å². The molecule has 0 bridgehead atoms. The number of ether oxygens (including phenoxy) is 1. The Kier molecular flexibility index (Phi) is 6.84. The lowest BCUT2D eigenvalue weighted by Gasteiger charge is -2.32. The zero-order chi connectivity index (χ0) is 16.7. The summed E-state index contributed by atoms with van der Waals surface area (Å²) in [5.41, 5.74) is 2.38. The molecule has 126 valence electrons. The van der Waals surface area contributed by atoms with Crippen molar-refractivity contribution in [1.29, 1.82) is 0 Å². The van der Waals surface area contributed by atoms with Gasteiger partial charge in [0.25, 0.3) is 0 Å². The number of hydrogen-bond donors (Lipinski definition) is 1. The molecule has 4 nitrogen and oxygen atoms in total. The number of nitrogens with zero attached hydrogens (tertiary/aromatic N) is 1. The van der Waals surface area contributed by atoms with Gasteiger partial charge in [-0.15, -0.1) is 0 Å². The molecule has 1 aliphatic rings. The molecule has 1 aromatic rings. The van der Waals surface area contributed by atoms with E-state index in [2.05, 4.69) is 41.4 Å². The Morgan fingerprint density at radius 1 is 1.30 bits per heavy atom. The van der Waals surface area contributed by atoms with Gasteiger partial charge in [0.1, 0.15) is 0 Å². The van der Waals surface area contributed by atoms with Crippen LogP contribution >= 0.6 is 12.2 Å². The van der Waals surface area contributed by atoms with E-state index in [-0.39, 0.29) is 11.9 Å². The molecule has 0 spiro atoms. The molecule has 1 heterocycles. The highest BCUT2D eigenvalue weighted by Crippen LogP contribution is 2.20. The molecule has 1 saturated heterocycles. The molecule has 0 aromatic heterocycles. The Hall–Kier alpha value is -1.62. The first-order chi connectivity index (χ1) is 11.1. The molecule has 0 aliphatic carbocycles. The van der Waals surface area contributed by atoms with Crippen LogP contribution in [0.3, 0.4) is 0 Å². The number of carbonyl (C=O) groups excluding carboxylic acids is 1. The fourth-order valence-corrected chi connectivity index (χ4v) is 3.12. The van der Waals surface area contributed by atoms with Crippen molar-refractivity contribution in [1.82, 2.24) is 4.90 Å². The van der Waals surface area contributed by atoms with Crippen LogP contribution in [0.4, 0.5) is 5.69 Å². The fraction of sp³-hybridized carbons (Fsp3) is 0.556. The van der Waals surface area contributed by atoms with Gasteiger partial charge in [0, 0.05) is 18.8 Å². The summed E-state index contributed by atoms with van der Waals surface area (Å²) in [6, 6.07) is 8.48. The summed E-state index contributed by atoms with van der Waals surface area (Å²) < 4.78 is 4.81. The van der Waals surface area contributed by atoms with Crippen LogP contribution in [0.2, 0.25) is 0 Å². The minimum atomic E-state index is -0.105. The first-order valence-corrected chi connectivity index (χ1v) is 8.77. The quantitative estimate of drug-likeness (QED) is 0.658. The molecule has 0 radical (unpaired) electrons. The van der Waals surface area contributed by atoms with E-state index >= 15 is 0 Å². The average molecular weight is 334 g/mol. The number of piperidine rings is 1. The Balaban J connectivity index is 1.82. The minimum Gasteiger partial charge on any atom is -0.469 e. The van der Waals surface area contributed by atoms with Crippen molar-refractivity contribution >= 4 is 29.0 Å². The number of thiocarbonyl (C=S) groups is 1. The number of carbonyl (C=O) groups is 1. The monoisotopic (exact) mass is 334 g/mol. The summed E-state index contributed by atoms with van der Waals surface area (Å²) >= 11 is 5.49. The third-order valence-electron chi connectivity index (χ3n) is 4.34. The molecule has 2 rings (SSSR count). The molecule has 5 heteroatoms. The maximum absolute atomic E-state index is 11.6. The Morgan fingerprint density at radius 3 is 2.52 bits per heavy atom. The van der Waals surface area contributed by atoms with Gasteiger partial charge in [-0.3, -0.25) is 4.79 Å². The van der Waals surface area contributed by atoms with Crippen molar-refractivity contribution in [3.63, 3.8) is 0 Å². The van der Waals surface area contributed by atoms with Crippen LogP contribution < -0.4 is 5.32 Å². The van der Waals surface area contributed by atoms with Gasteiger partial charge in [0.05, 0.1) is 13.0 Å². The molecule has 1 aromatic carbocycles. The van der Waals surface area contributed by atoms with Crippen molar-refractivity contribution in [2.75, 3.05) is 25.5 Å². The predicted octanol–water partition coefficient (Wildman–Crippen LogP) is 3.61. The van der Waals surface area contributed by atoms with Crippen molar-refractivity contribution in [2.24, 2.45) is 5.92 Å². The maximum atomic E-state index is 11.6. The summed E-state index contributed by atoms with van der Waals surface area (Å²) in [5.74, 6) is -0.0944. The number of likely N-dealkylation sites (tertiary alicyclic amines) is 1. The van der Waals surface area contributed by atoms with Gasteiger partial charge in [-0.1, -0.05) is 25.5 Å². The molecule has 23 heavy (non-hydrogen) atoms.